The van der Waals surface area contributed by atoms with Crippen LogP contribution in [0.15, 0.2) is 36.4 Å². The van der Waals surface area contributed by atoms with Crippen molar-refractivity contribution in [3.05, 3.63) is 47.5 Å². The molecule has 2 atom stereocenters. The van der Waals surface area contributed by atoms with Crippen molar-refractivity contribution in [2.75, 3.05) is 0 Å². The Morgan fingerprint density at radius 1 is 0.867 bits per heavy atom. The van der Waals surface area contributed by atoms with Gasteiger partial charge in [0.1, 0.15) is 0 Å². The molecule has 0 aliphatic heterocycles. The standard InChI is InChI=1S/C15H14/c1-15(2)13-10-7-3-5-9-6-4-8-11(12(9)10)14(13)15/h3-8,13-14H,1-2H3. The molecule has 0 N–H and O–H groups in total. The lowest BCUT2D eigenvalue weighted by Gasteiger charge is -2.12. The number of benzene rings is 2. The molecule has 2 aromatic carbocycles. The predicted octanol–water partition coefficient (Wildman–Crippen LogP) is 4.06. The van der Waals surface area contributed by atoms with Crippen LogP contribution in [0, 0.1) is 5.41 Å². The summed E-state index contributed by atoms with van der Waals surface area (Å²) in [6.45, 7) is 4.80. The van der Waals surface area contributed by atoms with Crippen LogP contribution in [0.1, 0.15) is 36.8 Å². The lowest BCUT2D eigenvalue weighted by Crippen LogP contribution is -1.96. The molecule has 0 saturated heterocycles. The molecule has 2 aliphatic rings. The molecule has 0 aromatic heterocycles. The van der Waals surface area contributed by atoms with Gasteiger partial charge in [-0.2, -0.15) is 0 Å². The van der Waals surface area contributed by atoms with Crippen molar-refractivity contribution < 1.29 is 0 Å². The summed E-state index contributed by atoms with van der Waals surface area (Å²) in [5.41, 5.74) is 3.69. The maximum absolute atomic E-state index is 2.40. The fraction of sp³-hybridized carbons (Fsp3) is 0.333. The molecule has 2 unspecified atom stereocenters. The summed E-state index contributed by atoms with van der Waals surface area (Å²) in [4.78, 5) is 0. The van der Waals surface area contributed by atoms with Crippen molar-refractivity contribution >= 4 is 10.8 Å². The number of hydrogen-bond donors (Lipinski definition) is 0. The zero-order chi connectivity index (χ0) is 10.2. The van der Waals surface area contributed by atoms with Crippen LogP contribution in [-0.4, -0.2) is 0 Å². The third kappa shape index (κ3) is 0.728. The lowest BCUT2D eigenvalue weighted by molar-refractivity contribution is 0.598. The molecule has 0 amide bonds. The molecule has 0 bridgehead atoms. The van der Waals surface area contributed by atoms with Gasteiger partial charge >= 0.3 is 0 Å². The number of fused-ring (bicyclic) bond motifs is 3. The zero-order valence-electron chi connectivity index (χ0n) is 9.12. The fourth-order valence-corrected chi connectivity index (χ4v) is 3.72. The first-order chi connectivity index (χ1) is 7.21. The first kappa shape index (κ1) is 7.92. The molecule has 1 fully saturated rings. The minimum Gasteiger partial charge on any atom is -0.0613 e. The smallest absolute Gasteiger partial charge is 0.00239 e. The van der Waals surface area contributed by atoms with Gasteiger partial charge in [0.2, 0.25) is 0 Å². The summed E-state index contributed by atoms with van der Waals surface area (Å²) in [6, 6.07) is 13.5. The van der Waals surface area contributed by atoms with Gasteiger partial charge < -0.3 is 0 Å². The Morgan fingerprint density at radius 2 is 1.40 bits per heavy atom. The molecular weight excluding hydrogens is 180 g/mol. The van der Waals surface area contributed by atoms with Gasteiger partial charge in [-0.25, -0.2) is 0 Å². The Kier molecular flexibility index (Phi) is 1.11. The fourth-order valence-electron chi connectivity index (χ4n) is 3.72. The van der Waals surface area contributed by atoms with Crippen molar-refractivity contribution in [1.29, 1.82) is 0 Å². The molecule has 15 heavy (non-hydrogen) atoms. The Bertz CT molecular complexity index is 531. The predicted molar refractivity (Wildman–Crippen MR) is 63.2 cm³/mol. The van der Waals surface area contributed by atoms with Gasteiger partial charge in [-0.1, -0.05) is 50.2 Å². The van der Waals surface area contributed by atoms with Crippen LogP contribution in [0.4, 0.5) is 0 Å². The molecule has 0 radical (unpaired) electrons. The lowest BCUT2D eigenvalue weighted by atomic mass is 9.92. The molecule has 2 aromatic rings. The monoisotopic (exact) mass is 194 g/mol. The van der Waals surface area contributed by atoms with Gasteiger partial charge in [0.15, 0.2) is 0 Å². The summed E-state index contributed by atoms with van der Waals surface area (Å²) in [5.74, 6) is 1.58. The second kappa shape index (κ2) is 2.11. The second-order valence-corrected chi connectivity index (χ2v) is 5.57. The summed E-state index contributed by atoms with van der Waals surface area (Å²) in [5, 5.41) is 2.97. The average molecular weight is 194 g/mol. The van der Waals surface area contributed by atoms with Crippen LogP contribution in [0.3, 0.4) is 0 Å². The Balaban J connectivity index is 2.15. The first-order valence-electron chi connectivity index (χ1n) is 5.73. The van der Waals surface area contributed by atoms with Crippen LogP contribution in [0.25, 0.3) is 10.8 Å². The van der Waals surface area contributed by atoms with Gasteiger partial charge in [-0.05, 0) is 39.2 Å². The minimum absolute atomic E-state index is 0.503. The van der Waals surface area contributed by atoms with E-state index >= 15 is 0 Å². The van der Waals surface area contributed by atoms with Crippen LogP contribution < -0.4 is 0 Å². The van der Waals surface area contributed by atoms with Crippen LogP contribution >= 0.6 is 0 Å². The van der Waals surface area contributed by atoms with Gasteiger partial charge in [0, 0.05) is 0 Å². The van der Waals surface area contributed by atoms with E-state index in [0.29, 0.717) is 5.41 Å². The van der Waals surface area contributed by atoms with E-state index in [0.717, 1.165) is 11.8 Å². The van der Waals surface area contributed by atoms with Gasteiger partial charge in [-0.3, -0.25) is 0 Å². The molecule has 1 saturated carbocycles. The highest BCUT2D eigenvalue weighted by Gasteiger charge is 2.62. The van der Waals surface area contributed by atoms with Gasteiger partial charge in [0.25, 0.3) is 0 Å². The van der Waals surface area contributed by atoms with E-state index in [1.807, 2.05) is 0 Å². The van der Waals surface area contributed by atoms with Crippen molar-refractivity contribution in [3.63, 3.8) is 0 Å². The van der Waals surface area contributed by atoms with Crippen molar-refractivity contribution in [3.8, 4) is 0 Å². The highest BCUT2D eigenvalue weighted by molar-refractivity contribution is 5.94. The van der Waals surface area contributed by atoms with Crippen molar-refractivity contribution in [2.24, 2.45) is 5.41 Å². The van der Waals surface area contributed by atoms with Gasteiger partial charge in [-0.15, -0.1) is 0 Å². The number of hydrogen-bond acceptors (Lipinski definition) is 0. The van der Waals surface area contributed by atoms with Crippen LogP contribution in [0.2, 0.25) is 0 Å². The van der Waals surface area contributed by atoms with E-state index in [4.69, 9.17) is 0 Å². The quantitative estimate of drug-likeness (QED) is 0.593. The van der Waals surface area contributed by atoms with E-state index in [2.05, 4.69) is 50.2 Å². The molecular formula is C15H14. The molecule has 0 nitrogen and oxygen atoms in total. The van der Waals surface area contributed by atoms with E-state index in [1.165, 1.54) is 5.39 Å². The summed E-state index contributed by atoms with van der Waals surface area (Å²) < 4.78 is 0. The molecule has 0 heteroatoms. The topological polar surface area (TPSA) is 0 Å². The van der Waals surface area contributed by atoms with Crippen LogP contribution in [-0.2, 0) is 0 Å². The van der Waals surface area contributed by atoms with Crippen LogP contribution in [0.5, 0.6) is 0 Å². The third-order valence-corrected chi connectivity index (χ3v) is 4.47. The Labute approximate surface area is 89.9 Å². The van der Waals surface area contributed by atoms with Gasteiger partial charge in [0.05, 0.1) is 0 Å². The molecule has 0 spiro atoms. The first-order valence-corrected chi connectivity index (χ1v) is 5.73. The van der Waals surface area contributed by atoms with E-state index in [-0.39, 0.29) is 0 Å². The largest absolute Gasteiger partial charge is 0.0613 e. The van der Waals surface area contributed by atoms with Crippen molar-refractivity contribution in [1.82, 2.24) is 0 Å². The highest BCUT2D eigenvalue weighted by atomic mass is 14.7. The second-order valence-electron chi connectivity index (χ2n) is 5.57. The molecule has 2 aliphatic carbocycles. The summed E-state index contributed by atoms with van der Waals surface area (Å²) >= 11 is 0. The maximum Gasteiger partial charge on any atom is -0.00239 e. The third-order valence-electron chi connectivity index (χ3n) is 4.47. The molecule has 4 rings (SSSR count). The molecule has 74 valence electrons. The molecule has 0 heterocycles. The van der Waals surface area contributed by atoms with E-state index < -0.39 is 0 Å². The van der Waals surface area contributed by atoms with E-state index in [1.54, 1.807) is 16.5 Å². The highest BCUT2D eigenvalue weighted by Crippen LogP contribution is 2.75. The number of rotatable bonds is 0. The van der Waals surface area contributed by atoms with E-state index in [9.17, 15) is 0 Å². The average Bonchev–Trinajstić information content (AvgIpc) is 2.63. The summed E-state index contributed by atoms with van der Waals surface area (Å²) in [6.07, 6.45) is 0. The minimum atomic E-state index is 0.503. The Morgan fingerprint density at radius 3 is 1.93 bits per heavy atom. The maximum atomic E-state index is 2.40. The SMILES string of the molecule is CC1(C)C2c3cccc4cccc(c34)C21. The Hall–Kier alpha value is -1.30. The van der Waals surface area contributed by atoms with Crippen molar-refractivity contribution in [2.45, 2.75) is 25.7 Å². The zero-order valence-corrected chi connectivity index (χ0v) is 9.12. The summed E-state index contributed by atoms with van der Waals surface area (Å²) in [7, 11) is 0. The normalized spacial score (nSPS) is 29.2.